The number of alkyl halides is 3. The van der Waals surface area contributed by atoms with Gasteiger partial charge in [0, 0.05) is 13.1 Å². The average Bonchev–Trinajstić information content (AvgIpc) is 2.87. The highest BCUT2D eigenvalue weighted by atomic mass is 32.2. The Hall–Kier alpha value is -1.70. The van der Waals surface area contributed by atoms with E-state index in [1.165, 1.54) is 17.8 Å². The molecule has 0 unspecified atom stereocenters. The summed E-state index contributed by atoms with van der Waals surface area (Å²) < 4.78 is 40.5. The van der Waals surface area contributed by atoms with Gasteiger partial charge in [0.05, 0.1) is 22.3 Å². The van der Waals surface area contributed by atoms with Crippen molar-refractivity contribution in [1.29, 1.82) is 0 Å². The van der Waals surface area contributed by atoms with E-state index >= 15 is 0 Å². The first-order valence-electron chi connectivity index (χ1n) is 7.83. The molecule has 0 radical (unpaired) electrons. The van der Waals surface area contributed by atoms with Crippen LogP contribution in [0.1, 0.15) is 32.3 Å². The summed E-state index contributed by atoms with van der Waals surface area (Å²) in [5.41, 5.74) is 0.264. The summed E-state index contributed by atoms with van der Waals surface area (Å²) in [7, 11) is 0. The van der Waals surface area contributed by atoms with Gasteiger partial charge in [-0.2, -0.15) is 13.2 Å². The highest BCUT2D eigenvalue weighted by Gasteiger charge is 2.31. The van der Waals surface area contributed by atoms with Gasteiger partial charge in [-0.1, -0.05) is 25.6 Å². The van der Waals surface area contributed by atoms with E-state index in [0.717, 1.165) is 25.0 Å². The third kappa shape index (κ3) is 4.43. The number of aryl methyl sites for hydroxylation is 1. The van der Waals surface area contributed by atoms with Crippen molar-refractivity contribution in [1.82, 2.24) is 14.9 Å². The van der Waals surface area contributed by atoms with Crippen molar-refractivity contribution in [3.63, 3.8) is 0 Å². The number of benzene rings is 1. The Bertz CT molecular complexity index is 712. The topological polar surface area (TPSA) is 46.9 Å². The summed E-state index contributed by atoms with van der Waals surface area (Å²) in [5, 5.41) is 3.34. The maximum Gasteiger partial charge on any atom is 0.416 e. The third-order valence-electron chi connectivity index (χ3n) is 3.39. The van der Waals surface area contributed by atoms with Gasteiger partial charge in [0.25, 0.3) is 0 Å². The molecule has 0 atom stereocenters. The fourth-order valence-electron chi connectivity index (χ4n) is 2.27. The molecule has 132 valence electrons. The molecule has 24 heavy (non-hydrogen) atoms. The number of nitrogens with zero attached hydrogens (tertiary/aromatic N) is 2. The van der Waals surface area contributed by atoms with E-state index in [0.29, 0.717) is 29.3 Å². The van der Waals surface area contributed by atoms with Crippen LogP contribution in [-0.4, -0.2) is 27.8 Å². The molecule has 0 spiro atoms. The van der Waals surface area contributed by atoms with Crippen molar-refractivity contribution in [3.05, 3.63) is 23.8 Å². The number of amides is 1. The fraction of sp³-hybridized carbons (Fsp3) is 0.500. The van der Waals surface area contributed by atoms with Crippen LogP contribution in [-0.2, 0) is 17.5 Å². The Balaban J connectivity index is 2.29. The summed E-state index contributed by atoms with van der Waals surface area (Å²) in [5.74, 6) is 0.0899. The van der Waals surface area contributed by atoms with E-state index in [4.69, 9.17) is 0 Å². The lowest BCUT2D eigenvalue weighted by molar-refractivity contribution is -0.137. The van der Waals surface area contributed by atoms with Crippen molar-refractivity contribution < 1.29 is 18.0 Å². The molecule has 1 heterocycles. The van der Waals surface area contributed by atoms with Crippen molar-refractivity contribution in [2.45, 2.75) is 44.6 Å². The maximum atomic E-state index is 12.9. The quantitative estimate of drug-likeness (QED) is 0.758. The van der Waals surface area contributed by atoms with Gasteiger partial charge in [-0.05, 0) is 31.0 Å². The molecule has 4 nitrogen and oxygen atoms in total. The monoisotopic (exact) mass is 359 g/mol. The van der Waals surface area contributed by atoms with E-state index in [2.05, 4.69) is 10.3 Å². The zero-order valence-corrected chi connectivity index (χ0v) is 14.4. The summed E-state index contributed by atoms with van der Waals surface area (Å²) in [4.78, 5) is 16.1. The molecule has 0 aliphatic heterocycles. The van der Waals surface area contributed by atoms with Crippen LogP contribution < -0.4 is 5.32 Å². The Morgan fingerprint density at radius 3 is 2.67 bits per heavy atom. The zero-order chi connectivity index (χ0) is 17.7. The Kier molecular flexibility index (Phi) is 6.15. The van der Waals surface area contributed by atoms with E-state index in [1.807, 2.05) is 13.8 Å². The molecule has 1 aromatic heterocycles. The number of carbonyl (C=O) groups excluding carboxylic acids is 1. The molecule has 0 bridgehead atoms. The molecule has 0 fully saturated rings. The molecule has 2 rings (SSSR count). The van der Waals surface area contributed by atoms with Gasteiger partial charge in [0.2, 0.25) is 5.91 Å². The number of carbonyl (C=O) groups is 1. The van der Waals surface area contributed by atoms with Crippen LogP contribution in [0.25, 0.3) is 11.0 Å². The second-order valence-corrected chi connectivity index (χ2v) is 6.33. The van der Waals surface area contributed by atoms with Crippen molar-refractivity contribution in [2.24, 2.45) is 0 Å². The number of rotatable bonds is 7. The minimum absolute atomic E-state index is 0.104. The molecule has 1 N–H and O–H groups in total. The number of hydrogen-bond donors (Lipinski definition) is 1. The molecule has 8 heteroatoms. The molecule has 0 aliphatic carbocycles. The van der Waals surface area contributed by atoms with Crippen LogP contribution in [0.5, 0.6) is 0 Å². The van der Waals surface area contributed by atoms with Crippen LogP contribution in [0.3, 0.4) is 0 Å². The third-order valence-corrected chi connectivity index (χ3v) is 4.37. The maximum absolute atomic E-state index is 12.9. The zero-order valence-electron chi connectivity index (χ0n) is 13.6. The van der Waals surface area contributed by atoms with Crippen LogP contribution in [0, 0.1) is 0 Å². The van der Waals surface area contributed by atoms with Crippen LogP contribution in [0.15, 0.2) is 23.4 Å². The average molecular weight is 359 g/mol. The first kappa shape index (κ1) is 18.6. The van der Waals surface area contributed by atoms with Gasteiger partial charge in [-0.3, -0.25) is 4.79 Å². The van der Waals surface area contributed by atoms with Crippen molar-refractivity contribution in [2.75, 3.05) is 12.3 Å². The summed E-state index contributed by atoms with van der Waals surface area (Å²) in [6.07, 6.45) is -2.77. The number of hydrogen-bond acceptors (Lipinski definition) is 3. The SMILES string of the molecule is CCCNC(=O)CSc1nc2ccc(C(F)(F)F)cc2n1CCC. The second kappa shape index (κ2) is 7.92. The lowest BCUT2D eigenvalue weighted by Gasteiger charge is -2.09. The molecule has 1 aromatic carbocycles. The van der Waals surface area contributed by atoms with Gasteiger partial charge < -0.3 is 9.88 Å². The standard InChI is InChI=1S/C16H20F3N3OS/c1-3-7-20-14(23)10-24-15-21-12-6-5-11(16(17,18)19)9-13(12)22(15)8-4-2/h5-6,9H,3-4,7-8,10H2,1-2H3,(H,20,23). The van der Waals surface area contributed by atoms with Crippen molar-refractivity contribution in [3.8, 4) is 0 Å². The predicted molar refractivity (Wildman–Crippen MR) is 89.1 cm³/mol. The first-order chi connectivity index (χ1) is 11.4. The normalized spacial score (nSPS) is 11.9. The number of aromatic nitrogens is 2. The Morgan fingerprint density at radius 2 is 2.04 bits per heavy atom. The Labute approximate surface area is 142 Å². The van der Waals surface area contributed by atoms with Gasteiger partial charge >= 0.3 is 6.18 Å². The van der Waals surface area contributed by atoms with E-state index in [9.17, 15) is 18.0 Å². The minimum Gasteiger partial charge on any atom is -0.355 e. The van der Waals surface area contributed by atoms with Crippen molar-refractivity contribution >= 4 is 28.7 Å². The lowest BCUT2D eigenvalue weighted by atomic mass is 10.2. The Morgan fingerprint density at radius 1 is 1.29 bits per heavy atom. The highest BCUT2D eigenvalue weighted by Crippen LogP contribution is 2.33. The van der Waals surface area contributed by atoms with Gasteiger partial charge in [-0.25, -0.2) is 4.98 Å². The van der Waals surface area contributed by atoms with Gasteiger partial charge in [0.15, 0.2) is 5.16 Å². The number of halogens is 3. The molecule has 0 saturated heterocycles. The highest BCUT2D eigenvalue weighted by molar-refractivity contribution is 7.99. The van der Waals surface area contributed by atoms with Crippen LogP contribution in [0.4, 0.5) is 13.2 Å². The largest absolute Gasteiger partial charge is 0.416 e. The minimum atomic E-state index is -4.39. The summed E-state index contributed by atoms with van der Waals surface area (Å²) in [6.45, 7) is 5.07. The molecular formula is C16H20F3N3OS. The summed E-state index contributed by atoms with van der Waals surface area (Å²) in [6, 6.07) is 3.54. The predicted octanol–water partition coefficient (Wildman–Crippen LogP) is 4.08. The first-order valence-corrected chi connectivity index (χ1v) is 8.82. The second-order valence-electron chi connectivity index (χ2n) is 5.39. The molecular weight excluding hydrogens is 339 g/mol. The molecule has 0 saturated carbocycles. The fourth-order valence-corrected chi connectivity index (χ4v) is 3.14. The van der Waals surface area contributed by atoms with E-state index in [1.54, 1.807) is 4.57 Å². The summed E-state index contributed by atoms with van der Waals surface area (Å²) >= 11 is 1.24. The van der Waals surface area contributed by atoms with E-state index in [-0.39, 0.29) is 11.7 Å². The molecule has 1 amide bonds. The number of fused-ring (bicyclic) bond motifs is 1. The molecule has 0 aliphatic rings. The molecule has 2 aromatic rings. The van der Waals surface area contributed by atoms with Crippen LogP contribution >= 0.6 is 11.8 Å². The lowest BCUT2D eigenvalue weighted by Crippen LogP contribution is -2.25. The van der Waals surface area contributed by atoms with Gasteiger partial charge in [-0.15, -0.1) is 0 Å². The number of thioether (sulfide) groups is 1. The van der Waals surface area contributed by atoms with E-state index < -0.39 is 11.7 Å². The number of imidazole rings is 1. The van der Waals surface area contributed by atoms with Crippen LogP contribution in [0.2, 0.25) is 0 Å². The van der Waals surface area contributed by atoms with Gasteiger partial charge in [0.1, 0.15) is 0 Å². The smallest absolute Gasteiger partial charge is 0.355 e. The number of nitrogens with one attached hydrogen (secondary N) is 1.